The number of H-pyrrole nitrogens is 1. The lowest BCUT2D eigenvalue weighted by atomic mass is 9.92. The highest BCUT2D eigenvalue weighted by molar-refractivity contribution is 5.99. The van der Waals surface area contributed by atoms with Crippen molar-refractivity contribution in [3.63, 3.8) is 0 Å². The number of anilines is 2. The van der Waals surface area contributed by atoms with Gasteiger partial charge in [-0.05, 0) is 57.2 Å². The zero-order chi connectivity index (χ0) is 30.3. The zero-order valence-corrected chi connectivity index (χ0v) is 24.9. The first-order valence-electron chi connectivity index (χ1n) is 13.8. The predicted molar refractivity (Wildman–Crippen MR) is 162 cm³/mol. The Labute approximate surface area is 245 Å². The Kier molecular flexibility index (Phi) is 9.36. The molecule has 42 heavy (non-hydrogen) atoms. The average Bonchev–Trinajstić information content (AvgIpc) is 3.54. The molecule has 0 spiro atoms. The van der Waals surface area contributed by atoms with Crippen molar-refractivity contribution in [1.82, 2.24) is 25.1 Å². The first kappa shape index (κ1) is 30.4. The third-order valence-corrected chi connectivity index (χ3v) is 5.96. The van der Waals surface area contributed by atoms with E-state index in [9.17, 15) is 9.59 Å². The summed E-state index contributed by atoms with van der Waals surface area (Å²) in [6, 6.07) is 14.6. The van der Waals surface area contributed by atoms with Gasteiger partial charge in [-0.1, -0.05) is 20.8 Å². The van der Waals surface area contributed by atoms with Gasteiger partial charge in [-0.3, -0.25) is 15.0 Å². The number of carbonyl (C=O) groups is 2. The number of nitrogens with one attached hydrogen (secondary N) is 4. The second-order valence-corrected chi connectivity index (χ2v) is 11.7. The molecule has 3 amide bonds. The lowest BCUT2D eigenvalue weighted by Crippen LogP contribution is -2.34. The van der Waals surface area contributed by atoms with Crippen LogP contribution in [0.15, 0.2) is 54.9 Å². The summed E-state index contributed by atoms with van der Waals surface area (Å²) in [7, 11) is 0. The van der Waals surface area contributed by atoms with Crippen LogP contribution in [0.5, 0.6) is 5.75 Å². The Hall–Kier alpha value is -4.58. The quantitative estimate of drug-likeness (QED) is 0.179. The van der Waals surface area contributed by atoms with E-state index in [1.54, 1.807) is 6.33 Å². The highest BCUT2D eigenvalue weighted by atomic mass is 16.6. The van der Waals surface area contributed by atoms with E-state index in [0.717, 1.165) is 22.4 Å². The summed E-state index contributed by atoms with van der Waals surface area (Å²) in [6.07, 6.45) is 1.28. The van der Waals surface area contributed by atoms with Gasteiger partial charge in [0.15, 0.2) is 5.82 Å². The molecule has 12 heteroatoms. The van der Waals surface area contributed by atoms with Crippen molar-refractivity contribution in [2.75, 3.05) is 37.0 Å². The van der Waals surface area contributed by atoms with Gasteiger partial charge in [0.2, 0.25) is 0 Å². The monoisotopic (exact) mass is 577 g/mol. The number of imidazole rings is 1. The van der Waals surface area contributed by atoms with E-state index in [2.05, 4.69) is 51.9 Å². The summed E-state index contributed by atoms with van der Waals surface area (Å²) in [5.41, 5.74) is 3.55. The van der Waals surface area contributed by atoms with Gasteiger partial charge < -0.3 is 24.8 Å². The van der Waals surface area contributed by atoms with Crippen molar-refractivity contribution in [2.24, 2.45) is 0 Å². The first-order chi connectivity index (χ1) is 19.9. The lowest BCUT2D eigenvalue weighted by Gasteiger charge is -2.19. The van der Waals surface area contributed by atoms with E-state index >= 15 is 0 Å². The molecule has 0 radical (unpaired) electrons. The molecule has 4 N–H and O–H groups in total. The van der Waals surface area contributed by atoms with Crippen molar-refractivity contribution in [3.05, 3.63) is 60.6 Å². The van der Waals surface area contributed by atoms with Crippen LogP contribution in [0.25, 0.3) is 16.7 Å². The maximum Gasteiger partial charge on any atom is 0.407 e. The average molecular weight is 578 g/mol. The van der Waals surface area contributed by atoms with Gasteiger partial charge in [-0.15, -0.1) is 0 Å². The van der Waals surface area contributed by atoms with Gasteiger partial charge in [0, 0.05) is 41.2 Å². The fraction of sp³-hybridized carbons (Fsp3) is 0.400. The van der Waals surface area contributed by atoms with E-state index in [1.807, 2.05) is 73.9 Å². The maximum atomic E-state index is 12.4. The van der Waals surface area contributed by atoms with Crippen molar-refractivity contribution in [3.8, 4) is 11.4 Å². The maximum absolute atomic E-state index is 12.4. The standard InChI is InChI=1S/C30H39N7O5/c1-29(2,3)25-18-26(36-35-25)34-27(38)33-20-7-9-21(10-8-20)37-19-32-23-17-22(11-12-24(23)37)41-16-15-40-14-13-31-28(39)42-30(4,5)6/h7-12,17-19H,13-16H2,1-6H3,(H,31,39)(H3,33,34,35,36,38). The number of aromatic nitrogens is 4. The molecule has 0 aliphatic carbocycles. The van der Waals surface area contributed by atoms with Crippen molar-refractivity contribution < 1.29 is 23.8 Å². The zero-order valence-electron chi connectivity index (χ0n) is 24.9. The molecule has 0 fully saturated rings. The number of amides is 3. The van der Waals surface area contributed by atoms with Crippen LogP contribution in [-0.2, 0) is 14.9 Å². The molecule has 2 aromatic heterocycles. The number of ether oxygens (including phenoxy) is 3. The fourth-order valence-corrected chi connectivity index (χ4v) is 3.90. The minimum Gasteiger partial charge on any atom is -0.491 e. The third kappa shape index (κ3) is 8.71. The summed E-state index contributed by atoms with van der Waals surface area (Å²) in [5, 5.41) is 15.3. The van der Waals surface area contributed by atoms with Crippen LogP contribution in [0.3, 0.4) is 0 Å². The number of fused-ring (bicyclic) bond motifs is 1. The Balaban J connectivity index is 1.23. The Morgan fingerprint density at radius 1 is 0.929 bits per heavy atom. The molecule has 4 aromatic rings. The van der Waals surface area contributed by atoms with Gasteiger partial charge in [-0.2, -0.15) is 5.10 Å². The smallest absolute Gasteiger partial charge is 0.407 e. The fourth-order valence-electron chi connectivity index (χ4n) is 3.90. The van der Waals surface area contributed by atoms with Crippen LogP contribution in [0.4, 0.5) is 21.1 Å². The topological polar surface area (TPSA) is 144 Å². The molecule has 224 valence electrons. The normalized spacial score (nSPS) is 11.8. The van der Waals surface area contributed by atoms with Crippen molar-refractivity contribution in [2.45, 2.75) is 52.6 Å². The van der Waals surface area contributed by atoms with E-state index in [0.29, 0.717) is 43.6 Å². The molecule has 0 saturated heterocycles. The minimum atomic E-state index is -0.532. The second kappa shape index (κ2) is 12.9. The summed E-state index contributed by atoms with van der Waals surface area (Å²) >= 11 is 0. The molecular formula is C30H39N7O5. The van der Waals surface area contributed by atoms with Crippen LogP contribution in [0.1, 0.15) is 47.2 Å². The molecule has 2 heterocycles. The minimum absolute atomic E-state index is 0.0924. The van der Waals surface area contributed by atoms with Crippen molar-refractivity contribution in [1.29, 1.82) is 0 Å². The van der Waals surface area contributed by atoms with Crippen molar-refractivity contribution >= 4 is 34.7 Å². The van der Waals surface area contributed by atoms with E-state index < -0.39 is 11.7 Å². The summed E-state index contributed by atoms with van der Waals surface area (Å²) < 4.78 is 18.4. The number of hydrogen-bond donors (Lipinski definition) is 4. The number of alkyl carbamates (subject to hydrolysis) is 1. The second-order valence-electron chi connectivity index (χ2n) is 11.7. The van der Waals surface area contributed by atoms with E-state index in [1.165, 1.54) is 0 Å². The number of nitrogens with zero attached hydrogens (tertiary/aromatic N) is 3. The van der Waals surface area contributed by atoms with Gasteiger partial charge in [-0.25, -0.2) is 14.6 Å². The Morgan fingerprint density at radius 3 is 2.38 bits per heavy atom. The number of hydrogen-bond acceptors (Lipinski definition) is 7. The van der Waals surface area contributed by atoms with Crippen LogP contribution in [-0.4, -0.2) is 63.8 Å². The van der Waals surface area contributed by atoms with Gasteiger partial charge in [0.25, 0.3) is 0 Å². The molecule has 0 unspecified atom stereocenters. The predicted octanol–water partition coefficient (Wildman–Crippen LogP) is 5.61. The molecule has 0 saturated carbocycles. The molecule has 0 aliphatic rings. The highest BCUT2D eigenvalue weighted by Crippen LogP contribution is 2.24. The van der Waals surface area contributed by atoms with E-state index in [4.69, 9.17) is 14.2 Å². The summed E-state index contributed by atoms with van der Waals surface area (Å²) in [5.74, 6) is 1.14. The molecule has 4 rings (SSSR count). The molecule has 0 aliphatic heterocycles. The first-order valence-corrected chi connectivity index (χ1v) is 13.8. The molecule has 0 atom stereocenters. The number of carbonyl (C=O) groups excluding carboxylic acids is 2. The summed E-state index contributed by atoms with van der Waals surface area (Å²) in [4.78, 5) is 28.6. The van der Waals surface area contributed by atoms with Crippen LogP contribution in [0.2, 0.25) is 0 Å². The molecule has 12 nitrogen and oxygen atoms in total. The lowest BCUT2D eigenvalue weighted by molar-refractivity contribution is 0.0489. The largest absolute Gasteiger partial charge is 0.491 e. The molecule has 0 bridgehead atoms. The highest BCUT2D eigenvalue weighted by Gasteiger charge is 2.18. The van der Waals surface area contributed by atoms with Crippen LogP contribution < -0.4 is 20.7 Å². The number of benzene rings is 2. The SMILES string of the molecule is CC(C)(C)OC(=O)NCCOCCOc1ccc2c(c1)ncn2-c1ccc(NC(=O)Nc2cc(C(C)(C)C)[nH]n2)cc1. The van der Waals surface area contributed by atoms with Crippen LogP contribution in [0, 0.1) is 0 Å². The van der Waals surface area contributed by atoms with Gasteiger partial charge >= 0.3 is 12.1 Å². The Morgan fingerprint density at radius 2 is 1.69 bits per heavy atom. The summed E-state index contributed by atoms with van der Waals surface area (Å²) in [6.45, 7) is 13.1. The van der Waals surface area contributed by atoms with E-state index in [-0.39, 0.29) is 11.4 Å². The third-order valence-electron chi connectivity index (χ3n) is 5.96. The van der Waals surface area contributed by atoms with Gasteiger partial charge in [0.05, 0.1) is 24.2 Å². The number of rotatable bonds is 10. The van der Waals surface area contributed by atoms with Gasteiger partial charge in [0.1, 0.15) is 24.3 Å². The van der Waals surface area contributed by atoms with Crippen LogP contribution >= 0.6 is 0 Å². The molecule has 2 aromatic carbocycles. The Bertz CT molecular complexity index is 1500. The number of urea groups is 1. The number of aromatic amines is 1. The molecular weight excluding hydrogens is 538 g/mol.